The van der Waals surface area contributed by atoms with Crippen LogP contribution in [0.15, 0.2) is 17.3 Å². The average Bonchev–Trinajstić information content (AvgIpc) is 2.79. The van der Waals surface area contributed by atoms with Crippen LogP contribution in [0.25, 0.3) is 0 Å². The number of rotatable bonds is 2. The summed E-state index contributed by atoms with van der Waals surface area (Å²) in [7, 11) is -3.93. The fraction of sp³-hybridized carbons (Fsp3) is 0.667. The van der Waals surface area contributed by atoms with Crippen molar-refractivity contribution in [3.05, 3.63) is 12.4 Å². The number of aromatic nitrogens is 2. The summed E-state index contributed by atoms with van der Waals surface area (Å²) in [5, 5.41) is 3.02. The van der Waals surface area contributed by atoms with E-state index in [0.29, 0.717) is 25.2 Å². The van der Waals surface area contributed by atoms with Gasteiger partial charge in [-0.2, -0.15) is 14.1 Å². The predicted octanol–water partition coefficient (Wildman–Crippen LogP) is 0.471. The molecule has 10 heteroatoms. The second-order valence-electron chi connectivity index (χ2n) is 4.33. The molecule has 2 N–H and O–H groups in total. The fourth-order valence-corrected chi connectivity index (χ4v) is 3.25. The van der Waals surface area contributed by atoms with Gasteiger partial charge in [-0.1, -0.05) is 0 Å². The van der Waals surface area contributed by atoms with Gasteiger partial charge in [0.2, 0.25) is 10.0 Å². The fourth-order valence-electron chi connectivity index (χ4n) is 1.84. The molecule has 6 nitrogen and oxygen atoms in total. The molecule has 2 rings (SSSR count). The normalized spacial score (nSPS) is 19.8. The van der Waals surface area contributed by atoms with Gasteiger partial charge >= 0.3 is 6.30 Å². The Kier molecular flexibility index (Phi) is 3.58. The van der Waals surface area contributed by atoms with Crippen LogP contribution in [-0.4, -0.2) is 41.6 Å². The van der Waals surface area contributed by atoms with Crippen LogP contribution in [0.3, 0.4) is 0 Å². The van der Waals surface area contributed by atoms with Crippen molar-refractivity contribution in [1.82, 2.24) is 14.1 Å². The number of hydrogen-bond donors (Lipinski definition) is 1. The molecule has 0 amide bonds. The maximum atomic E-state index is 12.4. The molecule has 0 atom stereocenters. The Morgan fingerprint density at radius 1 is 1.32 bits per heavy atom. The molecule has 0 bridgehead atoms. The largest absolute Gasteiger partial charge is 0.504 e. The van der Waals surface area contributed by atoms with E-state index >= 15 is 0 Å². The second kappa shape index (κ2) is 4.76. The lowest BCUT2D eigenvalue weighted by Gasteiger charge is -2.28. The molecular weight excluding hydrogens is 285 g/mol. The van der Waals surface area contributed by atoms with Gasteiger partial charge in [-0.05, 0) is 12.8 Å². The second-order valence-corrected chi connectivity index (χ2v) is 6.27. The van der Waals surface area contributed by atoms with Crippen molar-refractivity contribution in [2.45, 2.75) is 30.1 Å². The number of alkyl halides is 3. The molecule has 108 valence electrons. The van der Waals surface area contributed by atoms with E-state index in [4.69, 9.17) is 5.73 Å². The highest BCUT2D eigenvalue weighted by atomic mass is 32.2. The quantitative estimate of drug-likeness (QED) is 0.860. The minimum absolute atomic E-state index is 0.0654. The molecule has 1 saturated heterocycles. The van der Waals surface area contributed by atoms with Gasteiger partial charge in [0.15, 0.2) is 0 Å². The minimum Gasteiger partial charge on any atom is -0.328 e. The van der Waals surface area contributed by atoms with Crippen LogP contribution in [0.4, 0.5) is 13.2 Å². The van der Waals surface area contributed by atoms with E-state index in [1.54, 1.807) is 0 Å². The molecule has 0 aromatic carbocycles. The Balaban J connectivity index is 2.23. The van der Waals surface area contributed by atoms with Crippen molar-refractivity contribution in [3.8, 4) is 0 Å². The summed E-state index contributed by atoms with van der Waals surface area (Å²) in [6.07, 6.45) is -2.56. The molecule has 0 aliphatic carbocycles. The van der Waals surface area contributed by atoms with Crippen LogP contribution in [-0.2, 0) is 16.3 Å². The monoisotopic (exact) mass is 298 g/mol. The Labute approximate surface area is 108 Å². The van der Waals surface area contributed by atoms with E-state index in [-0.39, 0.29) is 23.8 Å². The van der Waals surface area contributed by atoms with Gasteiger partial charge in [0.05, 0.1) is 12.4 Å². The molecule has 0 unspecified atom stereocenters. The SMILES string of the molecule is NC1CCN(S(=O)(=O)c2cnn(C(F)(F)F)c2)CC1. The summed E-state index contributed by atoms with van der Waals surface area (Å²) in [5.74, 6) is 0. The van der Waals surface area contributed by atoms with Crippen molar-refractivity contribution in [2.24, 2.45) is 5.73 Å². The summed E-state index contributed by atoms with van der Waals surface area (Å²) < 4.78 is 62.1. The first kappa shape index (κ1) is 14.3. The average molecular weight is 298 g/mol. The highest BCUT2D eigenvalue weighted by molar-refractivity contribution is 7.89. The van der Waals surface area contributed by atoms with Crippen LogP contribution in [0.2, 0.25) is 0 Å². The van der Waals surface area contributed by atoms with Gasteiger partial charge in [-0.15, -0.1) is 13.2 Å². The van der Waals surface area contributed by atoms with Crippen LogP contribution >= 0.6 is 0 Å². The van der Waals surface area contributed by atoms with Crippen molar-refractivity contribution in [2.75, 3.05) is 13.1 Å². The van der Waals surface area contributed by atoms with Crippen molar-refractivity contribution >= 4 is 10.0 Å². The van der Waals surface area contributed by atoms with Gasteiger partial charge in [0.1, 0.15) is 4.90 Å². The number of nitrogens with zero attached hydrogens (tertiary/aromatic N) is 3. The molecule has 1 aromatic rings. The minimum atomic E-state index is -4.72. The number of piperidine rings is 1. The summed E-state index contributed by atoms with van der Waals surface area (Å²) in [4.78, 5) is -0.458. The highest BCUT2D eigenvalue weighted by Crippen LogP contribution is 2.25. The standard InChI is InChI=1S/C9H13F3N4O2S/c10-9(11,12)16-6-8(5-14-16)19(17,18)15-3-1-7(13)2-4-15/h5-7H,1-4,13H2. The van der Waals surface area contributed by atoms with Crippen LogP contribution in [0.5, 0.6) is 0 Å². The Morgan fingerprint density at radius 2 is 1.89 bits per heavy atom. The molecule has 1 aromatic heterocycles. The molecule has 19 heavy (non-hydrogen) atoms. The first-order valence-corrected chi connectivity index (χ1v) is 7.03. The van der Waals surface area contributed by atoms with Gasteiger partial charge in [0, 0.05) is 19.1 Å². The first-order valence-electron chi connectivity index (χ1n) is 5.59. The van der Waals surface area contributed by atoms with Gasteiger partial charge in [-0.25, -0.2) is 8.42 Å². The topological polar surface area (TPSA) is 81.2 Å². The lowest BCUT2D eigenvalue weighted by molar-refractivity contribution is -0.212. The zero-order valence-corrected chi connectivity index (χ0v) is 10.7. The Hall–Kier alpha value is -1.13. The van der Waals surface area contributed by atoms with E-state index in [0.717, 1.165) is 4.31 Å². The Bertz CT molecular complexity index is 546. The maximum absolute atomic E-state index is 12.4. The number of hydrogen-bond acceptors (Lipinski definition) is 4. The third kappa shape index (κ3) is 2.90. The summed E-state index contributed by atoms with van der Waals surface area (Å²) in [6, 6.07) is -0.0654. The third-order valence-electron chi connectivity index (χ3n) is 2.96. The van der Waals surface area contributed by atoms with E-state index in [1.165, 1.54) is 0 Å². The summed E-state index contributed by atoms with van der Waals surface area (Å²) in [6.45, 7) is 0.418. The van der Waals surface area contributed by atoms with Crippen molar-refractivity contribution in [1.29, 1.82) is 0 Å². The van der Waals surface area contributed by atoms with Crippen molar-refractivity contribution < 1.29 is 21.6 Å². The van der Waals surface area contributed by atoms with Crippen LogP contribution in [0.1, 0.15) is 12.8 Å². The molecule has 1 aliphatic heterocycles. The molecule has 0 saturated carbocycles. The third-order valence-corrected chi connectivity index (χ3v) is 4.81. The molecular formula is C9H13F3N4O2S. The lowest BCUT2D eigenvalue weighted by atomic mass is 10.1. The predicted molar refractivity (Wildman–Crippen MR) is 59.5 cm³/mol. The number of sulfonamides is 1. The molecule has 0 radical (unpaired) electrons. The summed E-state index contributed by atoms with van der Waals surface area (Å²) in [5.41, 5.74) is 5.65. The van der Waals surface area contributed by atoms with Crippen LogP contribution < -0.4 is 5.73 Å². The maximum Gasteiger partial charge on any atom is 0.504 e. The van der Waals surface area contributed by atoms with E-state index in [9.17, 15) is 21.6 Å². The molecule has 1 fully saturated rings. The van der Waals surface area contributed by atoms with Gasteiger partial charge in [-0.3, -0.25) is 0 Å². The molecule has 1 aliphatic rings. The van der Waals surface area contributed by atoms with E-state index in [1.807, 2.05) is 0 Å². The van der Waals surface area contributed by atoms with Crippen LogP contribution in [0, 0.1) is 0 Å². The van der Waals surface area contributed by atoms with E-state index in [2.05, 4.69) is 5.10 Å². The van der Waals surface area contributed by atoms with Gasteiger partial charge < -0.3 is 5.73 Å². The van der Waals surface area contributed by atoms with Crippen molar-refractivity contribution in [3.63, 3.8) is 0 Å². The molecule has 2 heterocycles. The highest BCUT2D eigenvalue weighted by Gasteiger charge is 2.35. The van der Waals surface area contributed by atoms with Gasteiger partial charge in [0.25, 0.3) is 0 Å². The molecule has 0 spiro atoms. The smallest absolute Gasteiger partial charge is 0.328 e. The zero-order valence-electron chi connectivity index (χ0n) is 9.84. The lowest BCUT2D eigenvalue weighted by Crippen LogP contribution is -2.42. The summed E-state index contributed by atoms with van der Waals surface area (Å²) >= 11 is 0. The number of halogens is 3. The number of nitrogens with two attached hydrogens (primary N) is 1. The Morgan fingerprint density at radius 3 is 2.37 bits per heavy atom. The first-order chi connectivity index (χ1) is 8.71. The van der Waals surface area contributed by atoms with E-state index < -0.39 is 21.2 Å². The zero-order chi connectivity index (χ0) is 14.3.